The lowest BCUT2D eigenvalue weighted by molar-refractivity contribution is 0.0468. The second-order valence-electron chi connectivity index (χ2n) is 20.5. The van der Waals surface area contributed by atoms with E-state index < -0.39 is 0 Å². The van der Waals surface area contributed by atoms with Crippen LogP contribution < -0.4 is 5.73 Å². The van der Waals surface area contributed by atoms with Crippen LogP contribution in [-0.4, -0.2) is 109 Å². The highest BCUT2D eigenvalue weighted by molar-refractivity contribution is 5.94. The van der Waals surface area contributed by atoms with Crippen LogP contribution in [0.1, 0.15) is 66.2 Å². The maximum absolute atomic E-state index is 10.2. The van der Waals surface area contributed by atoms with Crippen molar-refractivity contribution in [2.24, 2.45) is 4.99 Å². The molecule has 0 atom stereocenters. The molecule has 0 amide bonds. The van der Waals surface area contributed by atoms with Crippen molar-refractivity contribution in [2.45, 2.75) is 62.6 Å². The van der Waals surface area contributed by atoms with E-state index in [2.05, 4.69) is 124 Å². The molecule has 8 heterocycles. The molecule has 14 rings (SSSR count). The SMILES string of the molecule is C=Nc1nccn2c(C3CC(O)C3)nc(-c3ccc4c(Cc5ncc(CN6CCN(C7CC(c8nc(-c9ccc%10ccc(-c%11ccccc%11)nc%10c9)c9c(N)nccn89)C7)CC6)[nH]5)cc(-c5ccccc5)nc4c3)c12. The number of anilines is 1. The Morgan fingerprint density at radius 3 is 2.01 bits per heavy atom. The molecule has 0 unspecified atom stereocenters. The fourth-order valence-corrected chi connectivity index (χ4v) is 11.8. The van der Waals surface area contributed by atoms with Crippen LogP contribution in [0.2, 0.25) is 0 Å². The van der Waals surface area contributed by atoms with Gasteiger partial charge >= 0.3 is 0 Å². The van der Waals surface area contributed by atoms with E-state index in [1.807, 2.05) is 55.0 Å². The highest BCUT2D eigenvalue weighted by atomic mass is 16.3. The van der Waals surface area contributed by atoms with Crippen LogP contribution in [0.25, 0.3) is 77.9 Å². The van der Waals surface area contributed by atoms with E-state index in [0.717, 1.165) is 152 Å². The van der Waals surface area contributed by atoms with Gasteiger partial charge in [0, 0.05) is 127 Å². The van der Waals surface area contributed by atoms with Gasteiger partial charge < -0.3 is 15.8 Å². The van der Waals surface area contributed by atoms with Crippen molar-refractivity contribution in [3.8, 4) is 45.0 Å². The molecular weight excluding hydrogens is 933 g/mol. The van der Waals surface area contributed by atoms with Crippen LogP contribution >= 0.6 is 0 Å². The number of H-pyrrole nitrogens is 1. The molecule has 75 heavy (non-hydrogen) atoms. The summed E-state index contributed by atoms with van der Waals surface area (Å²) in [5.41, 5.74) is 19.8. The zero-order chi connectivity index (χ0) is 50.1. The summed E-state index contributed by atoms with van der Waals surface area (Å²) in [6.45, 7) is 8.66. The number of hydrogen-bond acceptors (Lipinski definition) is 12. The summed E-state index contributed by atoms with van der Waals surface area (Å²) < 4.78 is 4.23. The summed E-state index contributed by atoms with van der Waals surface area (Å²) in [6, 6.07) is 40.3. The predicted molar refractivity (Wildman–Crippen MR) is 294 cm³/mol. The van der Waals surface area contributed by atoms with E-state index in [1.165, 1.54) is 0 Å². The average molecular weight is 987 g/mol. The molecule has 4 N–H and O–H groups in total. The third kappa shape index (κ3) is 8.20. The van der Waals surface area contributed by atoms with Crippen molar-refractivity contribution in [3.63, 3.8) is 0 Å². The number of aromatic nitrogens is 10. The highest BCUT2D eigenvalue weighted by Gasteiger charge is 2.39. The van der Waals surface area contributed by atoms with Crippen LogP contribution in [0.3, 0.4) is 0 Å². The Hall–Kier alpha value is -8.50. The Morgan fingerprint density at radius 2 is 1.28 bits per heavy atom. The van der Waals surface area contributed by atoms with Crippen molar-refractivity contribution < 1.29 is 5.11 Å². The molecule has 1 saturated heterocycles. The lowest BCUT2D eigenvalue weighted by Crippen LogP contribution is -2.53. The van der Waals surface area contributed by atoms with Crippen molar-refractivity contribution in [1.82, 2.24) is 58.5 Å². The maximum atomic E-state index is 10.2. The topological polar surface area (TPSA) is 180 Å². The molecule has 3 fully saturated rings. The third-order valence-corrected chi connectivity index (χ3v) is 15.9. The highest BCUT2D eigenvalue weighted by Crippen LogP contribution is 2.44. The van der Waals surface area contributed by atoms with Gasteiger partial charge in [-0.05, 0) is 62.2 Å². The number of nitrogens with zero attached hydrogens (tertiary/aromatic N) is 12. The maximum Gasteiger partial charge on any atom is 0.178 e. The number of aliphatic imine (C=N–C) groups is 1. The van der Waals surface area contributed by atoms with E-state index in [0.29, 0.717) is 42.9 Å². The first-order valence-corrected chi connectivity index (χ1v) is 26.0. The van der Waals surface area contributed by atoms with Crippen LogP contribution in [0.5, 0.6) is 0 Å². The molecular formula is C60H54N14O. The smallest absolute Gasteiger partial charge is 0.178 e. The van der Waals surface area contributed by atoms with E-state index in [1.54, 1.807) is 12.4 Å². The Kier molecular flexibility index (Phi) is 11.1. The number of fused-ring (bicyclic) bond motifs is 4. The Labute approximate surface area is 432 Å². The zero-order valence-electron chi connectivity index (χ0n) is 41.3. The number of imidazole rings is 3. The van der Waals surface area contributed by atoms with Gasteiger partial charge in [-0.3, -0.25) is 18.6 Å². The molecule has 1 aliphatic heterocycles. The number of piperazine rings is 1. The first-order valence-electron chi connectivity index (χ1n) is 26.0. The second-order valence-corrected chi connectivity index (χ2v) is 20.5. The molecule has 2 saturated carbocycles. The largest absolute Gasteiger partial charge is 0.393 e. The van der Waals surface area contributed by atoms with Crippen LogP contribution in [0.4, 0.5) is 11.6 Å². The molecule has 2 aliphatic carbocycles. The average Bonchev–Trinajstić information content (AvgIpc) is 4.21. The number of hydrogen-bond donors (Lipinski definition) is 3. The first kappa shape index (κ1) is 45.1. The zero-order valence-corrected chi connectivity index (χ0v) is 41.3. The van der Waals surface area contributed by atoms with Crippen molar-refractivity contribution in [2.75, 3.05) is 31.9 Å². The first-order chi connectivity index (χ1) is 36.9. The monoisotopic (exact) mass is 986 g/mol. The van der Waals surface area contributed by atoms with Gasteiger partial charge in [-0.1, -0.05) is 91.0 Å². The van der Waals surface area contributed by atoms with E-state index in [9.17, 15) is 5.11 Å². The molecule has 7 aromatic heterocycles. The molecule has 15 heteroatoms. The van der Waals surface area contributed by atoms with Gasteiger partial charge in [0.1, 0.15) is 45.7 Å². The molecule has 4 aromatic carbocycles. The lowest BCUT2D eigenvalue weighted by atomic mass is 9.78. The summed E-state index contributed by atoms with van der Waals surface area (Å²) in [6.07, 6.45) is 13.2. The minimum absolute atomic E-state index is 0.155. The summed E-state index contributed by atoms with van der Waals surface area (Å²) in [5.74, 6) is 4.35. The number of nitrogens with one attached hydrogen (secondary N) is 1. The number of benzene rings is 4. The normalized spacial score (nSPS) is 19.2. The number of rotatable bonds is 12. The number of nitrogen functional groups attached to an aromatic ring is 1. The lowest BCUT2D eigenvalue weighted by Gasteiger charge is -2.46. The van der Waals surface area contributed by atoms with Gasteiger partial charge in [0.15, 0.2) is 5.82 Å². The molecule has 11 aromatic rings. The molecule has 3 aliphatic rings. The Balaban J connectivity index is 0.658. The Morgan fingerprint density at radius 1 is 0.640 bits per heavy atom. The number of aromatic amines is 1. The number of aliphatic hydroxyl groups excluding tert-OH is 1. The molecule has 0 radical (unpaired) electrons. The summed E-state index contributed by atoms with van der Waals surface area (Å²) in [5, 5.41) is 12.3. The predicted octanol–water partition coefficient (Wildman–Crippen LogP) is 10.1. The van der Waals surface area contributed by atoms with E-state index in [-0.39, 0.29) is 12.0 Å². The Bertz CT molecular complexity index is 3960. The molecule has 0 spiro atoms. The minimum Gasteiger partial charge on any atom is -0.393 e. The van der Waals surface area contributed by atoms with Gasteiger partial charge in [-0.2, -0.15) is 0 Å². The van der Waals surface area contributed by atoms with Crippen LogP contribution in [0.15, 0.2) is 151 Å². The van der Waals surface area contributed by atoms with Gasteiger partial charge in [-0.25, -0.2) is 39.9 Å². The fourth-order valence-electron chi connectivity index (χ4n) is 11.8. The third-order valence-electron chi connectivity index (χ3n) is 15.9. The van der Waals surface area contributed by atoms with Crippen LogP contribution in [-0.2, 0) is 13.0 Å². The van der Waals surface area contributed by atoms with Gasteiger partial charge in [-0.15, -0.1) is 0 Å². The van der Waals surface area contributed by atoms with Gasteiger partial charge in [0.05, 0.1) is 28.5 Å². The van der Waals surface area contributed by atoms with E-state index in [4.69, 9.17) is 30.7 Å². The molecule has 370 valence electrons. The summed E-state index contributed by atoms with van der Waals surface area (Å²) in [4.78, 5) is 47.9. The molecule has 15 nitrogen and oxygen atoms in total. The number of aliphatic hydroxyl groups is 1. The number of nitrogens with two attached hydrogens (primary N) is 1. The minimum atomic E-state index is -0.304. The van der Waals surface area contributed by atoms with E-state index >= 15 is 0 Å². The quantitative estimate of drug-likeness (QED) is 0.0992. The van der Waals surface area contributed by atoms with Gasteiger partial charge in [0.2, 0.25) is 0 Å². The summed E-state index contributed by atoms with van der Waals surface area (Å²) in [7, 11) is 0. The standard InChI is InChI=1S/C60H54N14O/c1-62-58-56-54(70-60(43-28-46(75)29-43)74(56)21-19-64-58)40-14-16-47-41(32-50(68-51(47)31-40)37-10-6-3-7-11-37)33-52-65-34-44(66-52)35-71-22-24-72(25-23-71)45-26-42(27-45)59-69-53(55-57(61)63-18-20-73(55)59)39-13-12-38-15-17-48(67-49(38)30-39)36-8-4-2-5-9-36/h2-21,30-32,34,42-43,45-46,75H,1,22-29,33,35H2,(H2,61,63)(H,65,66). The van der Waals surface area contributed by atoms with Crippen molar-refractivity contribution in [1.29, 1.82) is 0 Å². The van der Waals surface area contributed by atoms with Crippen LogP contribution in [0, 0.1) is 0 Å². The van der Waals surface area contributed by atoms with Crippen molar-refractivity contribution in [3.05, 3.63) is 175 Å². The fraction of sp³-hybridized carbons (Fsp3) is 0.233. The second kappa shape index (κ2) is 18.5. The summed E-state index contributed by atoms with van der Waals surface area (Å²) >= 11 is 0. The van der Waals surface area contributed by atoms with Gasteiger partial charge in [0.25, 0.3) is 0 Å². The molecule has 0 bridgehead atoms. The van der Waals surface area contributed by atoms with Crippen molar-refractivity contribution >= 4 is 51.2 Å². The number of pyridine rings is 2.